The largest absolute Gasteiger partial charge is 0.432 e. The van der Waals surface area contributed by atoms with Gasteiger partial charge in [0, 0.05) is 11.5 Å². The number of hydrogen-bond acceptors (Lipinski definition) is 3. The van der Waals surface area contributed by atoms with Crippen molar-refractivity contribution in [2.45, 2.75) is 59.2 Å². The average Bonchev–Trinajstić information content (AvgIpc) is 2.43. The molecule has 4 aliphatic rings. The number of carbonyl (C=O) groups excluding carboxylic acids is 1. The number of hydrogen-bond donors (Lipinski definition) is 0. The van der Waals surface area contributed by atoms with Gasteiger partial charge in [0.2, 0.25) is 6.29 Å². The van der Waals surface area contributed by atoms with Crippen LogP contribution < -0.4 is 0 Å². The van der Waals surface area contributed by atoms with Crippen LogP contribution in [0, 0.1) is 35.5 Å². The predicted molar refractivity (Wildman–Crippen MR) is 86.0 cm³/mol. The van der Waals surface area contributed by atoms with E-state index in [2.05, 4.69) is 6.58 Å². The number of esters is 1. The molecule has 1 atom stereocenters. The van der Waals surface area contributed by atoms with E-state index >= 15 is 0 Å². The van der Waals surface area contributed by atoms with Crippen LogP contribution in [0.15, 0.2) is 12.2 Å². The van der Waals surface area contributed by atoms with Crippen molar-refractivity contribution in [3.05, 3.63) is 12.2 Å². The Hall–Kier alpha value is -0.830. The highest BCUT2D eigenvalue weighted by Gasteiger charge is 2.48. The second-order valence-electron chi connectivity index (χ2n) is 8.23. The minimum atomic E-state index is -0.443. The van der Waals surface area contributed by atoms with Gasteiger partial charge in [-0.1, -0.05) is 20.4 Å². The number of carbonyl (C=O) groups is 1. The molecule has 0 heterocycles. The fourth-order valence-electron chi connectivity index (χ4n) is 5.08. The molecule has 4 aliphatic carbocycles. The molecule has 22 heavy (non-hydrogen) atoms. The molecule has 3 heteroatoms. The van der Waals surface area contributed by atoms with E-state index in [9.17, 15) is 4.79 Å². The molecule has 0 aromatic heterocycles. The molecule has 124 valence electrons. The molecular weight excluding hydrogens is 276 g/mol. The van der Waals surface area contributed by atoms with Crippen LogP contribution in [0.2, 0.25) is 0 Å². The zero-order valence-corrected chi connectivity index (χ0v) is 14.2. The van der Waals surface area contributed by atoms with Crippen molar-refractivity contribution in [1.29, 1.82) is 0 Å². The summed E-state index contributed by atoms with van der Waals surface area (Å²) < 4.78 is 11.5. The van der Waals surface area contributed by atoms with Gasteiger partial charge in [-0.3, -0.25) is 0 Å². The van der Waals surface area contributed by atoms with Crippen molar-refractivity contribution >= 4 is 5.97 Å². The lowest BCUT2D eigenvalue weighted by Gasteiger charge is -2.54. The maximum atomic E-state index is 11.8. The smallest absolute Gasteiger partial charge is 0.335 e. The van der Waals surface area contributed by atoms with Crippen LogP contribution in [0.25, 0.3) is 0 Å². The third-order valence-electron chi connectivity index (χ3n) is 5.99. The normalized spacial score (nSPS) is 37.4. The Morgan fingerprint density at radius 2 is 1.64 bits per heavy atom. The molecule has 0 spiro atoms. The first-order valence-corrected chi connectivity index (χ1v) is 8.92. The Balaban J connectivity index is 1.56. The van der Waals surface area contributed by atoms with E-state index in [-0.39, 0.29) is 11.9 Å². The predicted octanol–water partition coefficient (Wildman–Crippen LogP) is 4.18. The van der Waals surface area contributed by atoms with Crippen molar-refractivity contribution in [1.82, 2.24) is 0 Å². The summed E-state index contributed by atoms with van der Waals surface area (Å²) in [6, 6.07) is 0. The van der Waals surface area contributed by atoms with Gasteiger partial charge in [0.25, 0.3) is 0 Å². The van der Waals surface area contributed by atoms with Gasteiger partial charge in [0.05, 0.1) is 6.61 Å². The van der Waals surface area contributed by atoms with Gasteiger partial charge in [0.15, 0.2) is 0 Å². The number of ether oxygens (including phenoxy) is 2. The van der Waals surface area contributed by atoms with E-state index < -0.39 is 6.29 Å². The van der Waals surface area contributed by atoms with Gasteiger partial charge in [-0.25, -0.2) is 4.79 Å². The van der Waals surface area contributed by atoms with Gasteiger partial charge >= 0.3 is 5.97 Å². The highest BCUT2D eigenvalue weighted by molar-refractivity contribution is 5.87. The van der Waals surface area contributed by atoms with Crippen molar-refractivity contribution in [2.24, 2.45) is 35.5 Å². The van der Waals surface area contributed by atoms with Crippen molar-refractivity contribution in [2.75, 3.05) is 6.61 Å². The Morgan fingerprint density at radius 1 is 1.09 bits per heavy atom. The highest BCUT2D eigenvalue weighted by Crippen LogP contribution is 2.56. The van der Waals surface area contributed by atoms with Crippen LogP contribution in [0.1, 0.15) is 52.9 Å². The van der Waals surface area contributed by atoms with E-state index in [1.807, 2.05) is 13.8 Å². The molecule has 4 bridgehead atoms. The molecule has 3 nitrogen and oxygen atoms in total. The van der Waals surface area contributed by atoms with Gasteiger partial charge < -0.3 is 9.47 Å². The third kappa shape index (κ3) is 3.24. The SMILES string of the molecule is C=C(C)C(=O)OC(OCC1C2CC3CC(C2)CC1C3)C(C)C. The summed E-state index contributed by atoms with van der Waals surface area (Å²) in [4.78, 5) is 11.8. The fourth-order valence-corrected chi connectivity index (χ4v) is 5.08. The zero-order valence-electron chi connectivity index (χ0n) is 14.2. The summed E-state index contributed by atoms with van der Waals surface area (Å²) in [7, 11) is 0. The maximum Gasteiger partial charge on any atom is 0.335 e. The van der Waals surface area contributed by atoms with Crippen molar-refractivity contribution in [3.63, 3.8) is 0 Å². The summed E-state index contributed by atoms with van der Waals surface area (Å²) in [5.41, 5.74) is 0.434. The summed E-state index contributed by atoms with van der Waals surface area (Å²) in [6.45, 7) is 10.1. The van der Waals surface area contributed by atoms with Crippen LogP contribution in [0.5, 0.6) is 0 Å². The van der Waals surface area contributed by atoms with Crippen LogP contribution in [0.4, 0.5) is 0 Å². The molecule has 0 aromatic carbocycles. The Bertz CT molecular complexity index is 412. The minimum Gasteiger partial charge on any atom is -0.432 e. The lowest BCUT2D eigenvalue weighted by atomic mass is 9.52. The van der Waals surface area contributed by atoms with Crippen LogP contribution in [-0.4, -0.2) is 18.9 Å². The van der Waals surface area contributed by atoms with Crippen molar-refractivity contribution < 1.29 is 14.3 Å². The molecular formula is C19H30O3. The molecule has 0 aromatic rings. The minimum absolute atomic E-state index is 0.167. The maximum absolute atomic E-state index is 11.8. The first-order valence-electron chi connectivity index (χ1n) is 8.92. The van der Waals surface area contributed by atoms with E-state index in [1.54, 1.807) is 6.92 Å². The average molecular weight is 306 g/mol. The Morgan fingerprint density at radius 3 is 2.09 bits per heavy atom. The molecule has 0 saturated heterocycles. The first kappa shape index (κ1) is 16.0. The number of rotatable bonds is 6. The molecule has 0 aliphatic heterocycles. The quantitative estimate of drug-likeness (QED) is 0.419. The molecule has 4 saturated carbocycles. The summed E-state index contributed by atoms with van der Waals surface area (Å²) in [6.07, 6.45) is 6.64. The van der Waals surface area contributed by atoms with E-state index in [1.165, 1.54) is 32.1 Å². The van der Waals surface area contributed by atoms with Crippen LogP contribution >= 0.6 is 0 Å². The van der Waals surface area contributed by atoms with Crippen LogP contribution in [-0.2, 0) is 14.3 Å². The summed E-state index contributed by atoms with van der Waals surface area (Å²) in [5, 5.41) is 0. The van der Waals surface area contributed by atoms with Gasteiger partial charge in [-0.05, 0) is 68.6 Å². The van der Waals surface area contributed by atoms with E-state index in [0.29, 0.717) is 11.5 Å². The van der Waals surface area contributed by atoms with Gasteiger partial charge in [-0.2, -0.15) is 0 Å². The standard InChI is InChI=1S/C19H30O3/c1-11(2)18(20)22-19(12(3)4)21-10-17-15-6-13-5-14(8-15)9-16(17)7-13/h12-17,19H,1,5-10H2,2-4H3. The molecule has 4 rings (SSSR count). The van der Waals surface area contributed by atoms with Crippen LogP contribution in [0.3, 0.4) is 0 Å². The summed E-state index contributed by atoms with van der Waals surface area (Å²) in [5.74, 6) is 4.17. The Labute approximate surface area is 134 Å². The zero-order chi connectivity index (χ0) is 15.9. The van der Waals surface area contributed by atoms with Gasteiger partial charge in [0.1, 0.15) is 0 Å². The topological polar surface area (TPSA) is 35.5 Å². The third-order valence-corrected chi connectivity index (χ3v) is 5.99. The summed E-state index contributed by atoms with van der Waals surface area (Å²) >= 11 is 0. The van der Waals surface area contributed by atoms with Gasteiger partial charge in [-0.15, -0.1) is 0 Å². The lowest BCUT2D eigenvalue weighted by molar-refractivity contribution is -0.196. The second-order valence-corrected chi connectivity index (χ2v) is 8.23. The van der Waals surface area contributed by atoms with E-state index in [0.717, 1.165) is 30.3 Å². The molecule has 0 radical (unpaired) electrons. The lowest BCUT2D eigenvalue weighted by Crippen LogP contribution is -2.47. The molecule has 0 amide bonds. The fraction of sp³-hybridized carbons (Fsp3) is 0.842. The monoisotopic (exact) mass is 306 g/mol. The first-order chi connectivity index (χ1) is 10.4. The molecule has 1 unspecified atom stereocenters. The second kappa shape index (κ2) is 6.35. The van der Waals surface area contributed by atoms with E-state index in [4.69, 9.17) is 9.47 Å². The molecule has 0 N–H and O–H groups in total. The highest BCUT2D eigenvalue weighted by atomic mass is 16.7. The molecule has 4 fully saturated rings. The Kier molecular flexibility index (Phi) is 4.63. The van der Waals surface area contributed by atoms with Crippen molar-refractivity contribution in [3.8, 4) is 0 Å².